The smallest absolute Gasteiger partial charge is 0.390 e. The van der Waals surface area contributed by atoms with E-state index in [9.17, 15) is 9.18 Å². The van der Waals surface area contributed by atoms with Gasteiger partial charge in [0.15, 0.2) is 5.82 Å². The first kappa shape index (κ1) is 20.5. The third-order valence-corrected chi connectivity index (χ3v) is 5.11. The fourth-order valence-corrected chi connectivity index (χ4v) is 3.36. The molecule has 3 aromatic rings. The number of fused-ring (bicyclic) bond motifs is 1. The zero-order chi connectivity index (χ0) is 22.0. The van der Waals surface area contributed by atoms with E-state index in [0.717, 1.165) is 21.0 Å². The van der Waals surface area contributed by atoms with Gasteiger partial charge in [0.05, 0.1) is 12.9 Å². The lowest BCUT2D eigenvalue weighted by Crippen LogP contribution is -2.24. The van der Waals surface area contributed by atoms with Gasteiger partial charge in [0.1, 0.15) is 12.7 Å². The van der Waals surface area contributed by atoms with Gasteiger partial charge in [-0.3, -0.25) is 0 Å². The van der Waals surface area contributed by atoms with Crippen LogP contribution in [0.4, 0.5) is 4.39 Å². The number of nitrogens with zero attached hydrogens (tertiary/aromatic N) is 5. The van der Waals surface area contributed by atoms with Gasteiger partial charge in [0, 0.05) is 17.5 Å². The lowest BCUT2D eigenvalue weighted by molar-refractivity contribution is 0.283. The largest absolute Gasteiger partial charge is 0.437 e. The lowest BCUT2D eigenvalue weighted by atomic mass is 10.0. The number of halogens is 1. The molecule has 2 aromatic carbocycles. The Morgan fingerprint density at radius 2 is 2.03 bits per heavy atom. The van der Waals surface area contributed by atoms with Crippen LogP contribution >= 0.6 is 0 Å². The van der Waals surface area contributed by atoms with Gasteiger partial charge in [0.25, 0.3) is 0 Å². The summed E-state index contributed by atoms with van der Waals surface area (Å²) in [5.41, 5.74) is 1.96. The molecule has 1 atom stereocenters. The van der Waals surface area contributed by atoms with Crippen LogP contribution in [0.2, 0.25) is 0 Å². The van der Waals surface area contributed by atoms with Crippen LogP contribution in [0, 0.1) is 0 Å². The van der Waals surface area contributed by atoms with Crippen molar-refractivity contribution in [3.05, 3.63) is 88.1 Å². The minimum atomic E-state index is -1.40. The topological polar surface area (TPSA) is 76.0 Å². The van der Waals surface area contributed by atoms with Gasteiger partial charge in [-0.15, -0.1) is 5.10 Å². The van der Waals surface area contributed by atoms with E-state index in [1.807, 2.05) is 44.2 Å². The zero-order valence-corrected chi connectivity index (χ0v) is 17.3. The molecule has 0 aliphatic carbocycles. The Morgan fingerprint density at radius 3 is 2.81 bits per heavy atom. The fraction of sp³-hybridized carbons (Fsp3) is 0.217. The third-order valence-electron chi connectivity index (χ3n) is 5.11. The molecular weight excluding hydrogens is 397 g/mol. The van der Waals surface area contributed by atoms with Crippen LogP contribution in [0.25, 0.3) is 10.8 Å². The van der Waals surface area contributed by atoms with Crippen molar-refractivity contribution in [3.8, 4) is 0 Å². The second-order valence-electron chi connectivity index (χ2n) is 7.17. The van der Waals surface area contributed by atoms with Gasteiger partial charge in [-0.25, -0.2) is 19.2 Å². The summed E-state index contributed by atoms with van der Waals surface area (Å²) in [6.45, 7) is 7.62. The van der Waals surface area contributed by atoms with E-state index in [4.69, 9.17) is 4.42 Å². The van der Waals surface area contributed by atoms with Gasteiger partial charge in [-0.2, -0.15) is 4.68 Å². The van der Waals surface area contributed by atoms with Gasteiger partial charge in [-0.05, 0) is 36.2 Å². The van der Waals surface area contributed by atoms with Gasteiger partial charge < -0.3 is 9.32 Å². The van der Waals surface area contributed by atoms with Gasteiger partial charge in [-0.1, -0.05) is 43.0 Å². The predicted molar refractivity (Wildman–Crippen MR) is 119 cm³/mol. The summed E-state index contributed by atoms with van der Waals surface area (Å²) in [5, 5.41) is 6.12. The molecule has 0 spiro atoms. The SMILES string of the molecule is C=C1C(C)=C(/N=C\C)N=CN1Cc1nn(C[C@H](F)c2ccc3ccccc3c2)c(=O)o1. The van der Waals surface area contributed by atoms with E-state index in [1.165, 1.54) is 0 Å². The number of benzene rings is 2. The zero-order valence-electron chi connectivity index (χ0n) is 17.3. The number of hydrogen-bond donors (Lipinski definition) is 0. The molecule has 0 amide bonds. The maximum absolute atomic E-state index is 14.9. The molecule has 4 rings (SSSR count). The molecule has 1 aromatic heterocycles. The summed E-state index contributed by atoms with van der Waals surface area (Å²) in [6.07, 6.45) is 1.82. The number of aromatic nitrogens is 2. The predicted octanol–water partition coefficient (Wildman–Crippen LogP) is 4.38. The maximum atomic E-state index is 14.9. The second-order valence-corrected chi connectivity index (χ2v) is 7.17. The molecule has 0 unspecified atom stereocenters. The van der Waals surface area contributed by atoms with Gasteiger partial charge >= 0.3 is 5.76 Å². The first-order valence-electron chi connectivity index (χ1n) is 9.85. The van der Waals surface area contributed by atoms with Crippen LogP contribution in [0.1, 0.15) is 31.5 Å². The summed E-state index contributed by atoms with van der Waals surface area (Å²) >= 11 is 0. The van der Waals surface area contributed by atoms with Crippen LogP contribution in [0.3, 0.4) is 0 Å². The van der Waals surface area contributed by atoms with Crippen LogP contribution in [-0.4, -0.2) is 27.2 Å². The van der Waals surface area contributed by atoms with E-state index in [0.29, 0.717) is 17.1 Å². The number of allylic oxidation sites excluding steroid dienone is 1. The first-order chi connectivity index (χ1) is 15.0. The van der Waals surface area contributed by atoms with Crippen molar-refractivity contribution in [1.82, 2.24) is 14.7 Å². The maximum Gasteiger partial charge on any atom is 0.437 e. The Bertz CT molecular complexity index is 1280. The number of alkyl halides is 1. The highest BCUT2D eigenvalue weighted by atomic mass is 19.1. The minimum absolute atomic E-state index is 0.151. The van der Waals surface area contributed by atoms with Crippen LogP contribution < -0.4 is 5.76 Å². The number of aliphatic imine (C=N–C) groups is 2. The van der Waals surface area contributed by atoms with E-state index in [-0.39, 0.29) is 19.0 Å². The molecule has 31 heavy (non-hydrogen) atoms. The van der Waals surface area contributed by atoms with E-state index >= 15 is 0 Å². The summed E-state index contributed by atoms with van der Waals surface area (Å²) in [4.78, 5) is 22.4. The molecule has 1 aliphatic rings. The standard InChI is InChI=1S/C23H22FN5O2/c1-4-25-22-15(2)16(3)28(14-26-22)13-21-27-29(23(30)31-21)12-20(24)19-10-9-17-7-5-6-8-18(17)11-19/h4-11,14,20H,3,12-13H2,1-2H3/b25-4-/t20-/m0/s1. The van der Waals surface area contributed by atoms with Crippen molar-refractivity contribution in [2.24, 2.45) is 9.98 Å². The number of hydrogen-bond acceptors (Lipinski definition) is 6. The monoisotopic (exact) mass is 419 g/mol. The van der Waals surface area contributed by atoms with Crippen molar-refractivity contribution in [3.63, 3.8) is 0 Å². The van der Waals surface area contributed by atoms with Crippen LogP contribution in [0.15, 0.2) is 85.3 Å². The molecule has 158 valence electrons. The summed E-state index contributed by atoms with van der Waals surface area (Å²) in [6, 6.07) is 13.1. The molecule has 0 saturated heterocycles. The van der Waals surface area contributed by atoms with Crippen molar-refractivity contribution in [2.45, 2.75) is 33.1 Å². The second kappa shape index (κ2) is 8.51. The minimum Gasteiger partial charge on any atom is -0.390 e. The molecule has 1 aliphatic heterocycles. The normalized spacial score (nSPS) is 15.5. The van der Waals surface area contributed by atoms with Gasteiger partial charge in [0.2, 0.25) is 5.89 Å². The molecule has 0 fully saturated rings. The lowest BCUT2D eigenvalue weighted by Gasteiger charge is -2.24. The average molecular weight is 419 g/mol. The highest BCUT2D eigenvalue weighted by molar-refractivity contribution is 5.83. The van der Waals surface area contributed by atoms with Crippen molar-refractivity contribution >= 4 is 23.3 Å². The quantitative estimate of drug-likeness (QED) is 0.556. The van der Waals surface area contributed by atoms with Crippen LogP contribution in [-0.2, 0) is 13.1 Å². The van der Waals surface area contributed by atoms with E-state index in [2.05, 4.69) is 21.7 Å². The Labute approximate surface area is 178 Å². The molecule has 0 N–H and O–H groups in total. The molecule has 0 bridgehead atoms. The molecule has 0 saturated carbocycles. The van der Waals surface area contributed by atoms with E-state index < -0.39 is 11.9 Å². The Balaban J connectivity index is 1.48. The van der Waals surface area contributed by atoms with Crippen molar-refractivity contribution in [1.29, 1.82) is 0 Å². The first-order valence-corrected chi connectivity index (χ1v) is 9.85. The fourth-order valence-electron chi connectivity index (χ4n) is 3.36. The molecule has 2 heterocycles. The van der Waals surface area contributed by atoms with Crippen LogP contribution in [0.5, 0.6) is 0 Å². The highest BCUT2D eigenvalue weighted by Gasteiger charge is 2.20. The Morgan fingerprint density at radius 1 is 1.26 bits per heavy atom. The van der Waals surface area contributed by atoms with Crippen molar-refractivity contribution in [2.75, 3.05) is 0 Å². The molecule has 8 heteroatoms. The number of rotatable bonds is 6. The average Bonchev–Trinajstić information content (AvgIpc) is 3.11. The highest BCUT2D eigenvalue weighted by Crippen LogP contribution is 2.25. The molecular formula is C23H22FN5O2. The third kappa shape index (κ3) is 4.23. The van der Waals surface area contributed by atoms with Crippen molar-refractivity contribution < 1.29 is 8.81 Å². The molecule has 7 nitrogen and oxygen atoms in total. The molecule has 0 radical (unpaired) electrons. The summed E-state index contributed by atoms with van der Waals surface area (Å²) in [7, 11) is 0. The van der Waals surface area contributed by atoms with E-state index in [1.54, 1.807) is 29.6 Å². The summed E-state index contributed by atoms with van der Waals surface area (Å²) in [5.74, 6) is 0.0199. The Hall–Kier alpha value is -3.81. The summed E-state index contributed by atoms with van der Waals surface area (Å²) < 4.78 is 21.1. The Kier molecular flexibility index (Phi) is 5.62.